The summed E-state index contributed by atoms with van der Waals surface area (Å²) in [6.07, 6.45) is 3.29. The molecule has 0 aromatic carbocycles. The Kier molecular flexibility index (Phi) is 22.9. The molecule has 0 spiro atoms. The predicted octanol–water partition coefficient (Wildman–Crippen LogP) is 7.70. The average molecular weight is 1210 g/mol. The van der Waals surface area contributed by atoms with Gasteiger partial charge in [-0.15, -0.1) is 0 Å². The fraction of sp³-hybridized carbons (Fsp3) is 0.755. The first-order valence-corrected chi connectivity index (χ1v) is 35.5. The Hall–Kier alpha value is -2.53. The molecule has 21 nitrogen and oxygen atoms in total. The third-order valence-electron chi connectivity index (χ3n) is 14.7. The van der Waals surface area contributed by atoms with E-state index >= 15 is 0 Å². The molecular weight excluding hydrogens is 1120 g/mol. The summed E-state index contributed by atoms with van der Waals surface area (Å²) in [6, 6.07) is 2.51. The summed E-state index contributed by atoms with van der Waals surface area (Å²) in [6.45, 7) is 34.3. The Morgan fingerprint density at radius 3 is 1.60 bits per heavy atom. The SMILES string of the molecule is CC(C)C1(C(C)C)O[C@@H]2C(O)[C@H](n3ccc(=O)[nH]c3=O)O[C@@H]2CO[Si](C(C)C)(C(C)C)O1.CSC(=S)OC1[C@H]2O[Si](C(C)C)(C(C)C)O[Si](C(C)C)(C(C)C)OC[C@H]2O[C@H]1n1ccc(=O)[nH]c1=O.CSC(=S)n1cncn1. The van der Waals surface area contributed by atoms with E-state index in [-0.39, 0.29) is 58.3 Å². The fourth-order valence-corrected chi connectivity index (χ4v) is 26.5. The molecule has 434 valence electrons. The molecule has 7 heterocycles. The number of nitrogens with zero attached hydrogens (tertiary/aromatic N) is 5. The summed E-state index contributed by atoms with van der Waals surface area (Å²) in [5, 5.41) is 15.0. The molecule has 4 fully saturated rings. The number of hydrogen-bond acceptors (Lipinski definition) is 20. The van der Waals surface area contributed by atoms with Crippen molar-refractivity contribution in [1.29, 1.82) is 0 Å². The Labute approximate surface area is 474 Å². The van der Waals surface area contributed by atoms with E-state index in [0.717, 1.165) is 0 Å². The third-order valence-corrected chi connectivity index (χ3v) is 31.7. The number of aromatic nitrogens is 7. The van der Waals surface area contributed by atoms with Crippen LogP contribution in [0.3, 0.4) is 0 Å². The number of aliphatic hydroxyl groups is 1. The lowest BCUT2D eigenvalue weighted by molar-refractivity contribution is -0.297. The Morgan fingerprint density at radius 2 is 1.17 bits per heavy atom. The maximum absolute atomic E-state index is 12.7. The van der Waals surface area contributed by atoms with Gasteiger partial charge in [0.15, 0.2) is 28.7 Å². The normalized spacial score (nSPS) is 26.6. The zero-order valence-corrected chi connectivity index (χ0v) is 54.0. The Morgan fingerprint density at radius 1 is 0.701 bits per heavy atom. The van der Waals surface area contributed by atoms with E-state index < -0.39 is 103 Å². The fourth-order valence-electron chi connectivity index (χ4n) is 10.6. The van der Waals surface area contributed by atoms with Crippen LogP contribution >= 0.6 is 48.0 Å². The van der Waals surface area contributed by atoms with Crippen molar-refractivity contribution >= 4 is 82.3 Å². The number of H-pyrrole nitrogens is 2. The quantitative estimate of drug-likeness (QED) is 0.123. The minimum Gasteiger partial charge on any atom is -0.468 e. The number of aliphatic hydroxyl groups excluding tert-OH is 1. The van der Waals surface area contributed by atoms with Crippen LogP contribution in [-0.4, -0.2) is 141 Å². The molecule has 7 rings (SSSR count). The van der Waals surface area contributed by atoms with Crippen molar-refractivity contribution in [3.8, 4) is 0 Å². The third kappa shape index (κ3) is 13.9. The average Bonchev–Trinajstić information content (AvgIpc) is 4.07. The van der Waals surface area contributed by atoms with Gasteiger partial charge in [-0.3, -0.25) is 28.7 Å². The summed E-state index contributed by atoms with van der Waals surface area (Å²) in [4.78, 5) is 56.6. The molecule has 8 atom stereocenters. The number of hydrogen-bond donors (Lipinski definition) is 3. The first kappa shape index (κ1) is 65.3. The molecule has 2 unspecified atom stereocenters. The smallest absolute Gasteiger partial charge is 0.345 e. The van der Waals surface area contributed by atoms with Crippen LogP contribution in [0.5, 0.6) is 0 Å². The van der Waals surface area contributed by atoms with E-state index in [9.17, 15) is 24.3 Å². The molecule has 0 aliphatic carbocycles. The molecule has 77 heavy (non-hydrogen) atoms. The molecule has 4 saturated heterocycles. The highest BCUT2D eigenvalue weighted by atomic mass is 32.2. The largest absolute Gasteiger partial charge is 0.468 e. The first-order valence-electron chi connectivity index (χ1n) is 26.3. The lowest BCUT2D eigenvalue weighted by atomic mass is 9.91. The van der Waals surface area contributed by atoms with E-state index in [4.69, 9.17) is 65.2 Å². The van der Waals surface area contributed by atoms with E-state index in [1.165, 1.54) is 63.5 Å². The molecule has 28 heteroatoms. The Balaban J connectivity index is 0.000000245. The summed E-state index contributed by atoms with van der Waals surface area (Å²) in [5.74, 6) is -1.06. The molecular formula is C49H83N7O14S4Si3. The van der Waals surface area contributed by atoms with E-state index in [0.29, 0.717) is 8.70 Å². The summed E-state index contributed by atoms with van der Waals surface area (Å²) in [5.41, 5.74) is -1.31. The molecule has 0 saturated carbocycles. The number of thiocarbonyl (C=S) groups is 2. The van der Waals surface area contributed by atoms with Gasteiger partial charge >= 0.3 is 37.1 Å². The summed E-state index contributed by atoms with van der Waals surface area (Å²) in [7, 11) is -8.48. The van der Waals surface area contributed by atoms with Gasteiger partial charge in [0.05, 0.1) is 13.2 Å². The lowest BCUT2D eigenvalue weighted by Gasteiger charge is -2.52. The number of fused-ring (bicyclic) bond motifs is 2. The van der Waals surface area contributed by atoms with Crippen LogP contribution in [0.4, 0.5) is 0 Å². The van der Waals surface area contributed by atoms with Crippen LogP contribution in [0, 0.1) is 11.8 Å². The molecule has 3 aromatic heterocycles. The number of ether oxygens (including phenoxy) is 4. The molecule has 0 amide bonds. The second kappa shape index (κ2) is 27.0. The van der Waals surface area contributed by atoms with Gasteiger partial charge in [0.1, 0.15) is 43.2 Å². The van der Waals surface area contributed by atoms with E-state index in [1.807, 2.05) is 40.2 Å². The maximum Gasteiger partial charge on any atom is 0.345 e. The zero-order valence-electron chi connectivity index (χ0n) is 47.7. The van der Waals surface area contributed by atoms with Crippen molar-refractivity contribution in [2.24, 2.45) is 11.8 Å². The molecule has 3 aromatic rings. The van der Waals surface area contributed by atoms with Gasteiger partial charge in [-0.1, -0.05) is 147 Å². The predicted molar refractivity (Wildman–Crippen MR) is 313 cm³/mol. The van der Waals surface area contributed by atoms with Crippen LogP contribution in [0.25, 0.3) is 0 Å². The second-order valence-electron chi connectivity index (χ2n) is 22.1. The molecule has 4 aliphatic heterocycles. The Bertz CT molecular complexity index is 2640. The van der Waals surface area contributed by atoms with E-state index in [2.05, 4.69) is 103 Å². The van der Waals surface area contributed by atoms with Gasteiger partial charge in [0.25, 0.3) is 11.1 Å². The topological polar surface area (TPSA) is 244 Å². The molecule has 0 bridgehead atoms. The summed E-state index contributed by atoms with van der Waals surface area (Å²) < 4.78 is 65.3. The number of aromatic amines is 2. The van der Waals surface area contributed by atoms with Crippen molar-refractivity contribution in [2.45, 2.75) is 199 Å². The van der Waals surface area contributed by atoms with Crippen LogP contribution in [0.15, 0.2) is 56.4 Å². The monoisotopic (exact) mass is 1210 g/mol. The molecule has 3 N–H and O–H groups in total. The number of thioether (sulfide) groups is 2. The van der Waals surface area contributed by atoms with Crippen molar-refractivity contribution in [1.82, 2.24) is 33.9 Å². The zero-order chi connectivity index (χ0) is 57.7. The van der Waals surface area contributed by atoms with Crippen LogP contribution in [0.1, 0.15) is 123 Å². The highest BCUT2D eigenvalue weighted by Crippen LogP contribution is 2.50. The van der Waals surface area contributed by atoms with Crippen LogP contribution < -0.4 is 22.5 Å². The van der Waals surface area contributed by atoms with Crippen molar-refractivity contribution in [3.05, 3.63) is 78.9 Å². The van der Waals surface area contributed by atoms with Gasteiger partial charge in [0.2, 0.25) is 4.38 Å². The molecule has 4 aliphatic rings. The standard InChI is InChI=1S/C23H40N2O7S2Si2.C22H38N2O7Si.C4H5N3S2/c1-13(2)35(14(3)4)28-12-17-19(31-36(32-35,15(5)6)16(7)8)20(30-23(33)34-9)21(29-17)25-11-10-18(26)24-22(25)27;1-12(2)22(13(3)4)30-19-16(11-28-32(31-22,14(5)6)15(7)8)29-20(18(19)26)24-10-9-17(25)23-21(24)27;1-9-4(8)7-3-5-2-6-7/h10-11,13-17,19-21H,12H2,1-9H3,(H,24,26,27);9-10,12-16,18-20,26H,11H2,1-8H3,(H,23,25,27);2-3H,1H3/t17-,19+,20?,21-;16-,18?,19+,20-;/m11./s1. The van der Waals surface area contributed by atoms with Crippen molar-refractivity contribution in [3.63, 3.8) is 0 Å². The van der Waals surface area contributed by atoms with Crippen molar-refractivity contribution < 1.29 is 45.9 Å². The molecule has 0 radical (unpaired) electrons. The van der Waals surface area contributed by atoms with Gasteiger partial charge in [-0.05, 0) is 58.0 Å². The minimum absolute atomic E-state index is 0.0312. The van der Waals surface area contributed by atoms with Crippen LogP contribution in [0.2, 0.25) is 33.2 Å². The number of rotatable bonds is 11. The van der Waals surface area contributed by atoms with Gasteiger partial charge in [-0.2, -0.15) is 5.10 Å². The maximum atomic E-state index is 12.7. The highest BCUT2D eigenvalue weighted by molar-refractivity contribution is 8.22. The van der Waals surface area contributed by atoms with Crippen LogP contribution in [-0.2, 0) is 40.8 Å². The minimum atomic E-state index is -2.94. The van der Waals surface area contributed by atoms with Gasteiger partial charge < -0.3 is 45.9 Å². The van der Waals surface area contributed by atoms with Gasteiger partial charge in [-0.25, -0.2) is 19.3 Å². The van der Waals surface area contributed by atoms with Gasteiger partial charge in [0, 0.05) is 36.4 Å². The second-order valence-corrected chi connectivity index (χ2v) is 38.1. The number of nitrogens with one attached hydrogen (secondary N) is 2. The first-order chi connectivity index (χ1) is 36.0. The van der Waals surface area contributed by atoms with E-state index in [1.54, 1.807) is 11.0 Å². The summed E-state index contributed by atoms with van der Waals surface area (Å²) >= 11 is 13.1. The van der Waals surface area contributed by atoms with Crippen molar-refractivity contribution in [2.75, 3.05) is 25.7 Å². The lowest BCUT2D eigenvalue weighted by Crippen LogP contribution is -2.66. The highest BCUT2D eigenvalue weighted by Gasteiger charge is 2.63.